The van der Waals surface area contributed by atoms with Crippen molar-refractivity contribution >= 4 is 39.8 Å². The van der Waals surface area contributed by atoms with Gasteiger partial charge in [-0.05, 0) is 48.5 Å². The Hall–Kier alpha value is -2.59. The van der Waals surface area contributed by atoms with Crippen LogP contribution in [0.4, 0.5) is 11.4 Å². The zero-order valence-electron chi connectivity index (χ0n) is 11.8. The maximum absolute atomic E-state index is 11.4. The standard InChI is InChI=1S/C17H13ClN2O2/c1-22-17(21)11-2-5-13(6-3-11)20-15-8-9-19-16-10-12(18)4-7-14(15)16/h2-10H,1H3,(H,19,20). The van der Waals surface area contributed by atoms with Crippen LogP contribution in [0.3, 0.4) is 0 Å². The van der Waals surface area contributed by atoms with E-state index >= 15 is 0 Å². The quantitative estimate of drug-likeness (QED) is 0.727. The number of methoxy groups -OCH3 is 1. The van der Waals surface area contributed by atoms with Crippen LogP contribution in [0, 0.1) is 0 Å². The predicted molar refractivity (Wildman–Crippen MR) is 87.8 cm³/mol. The summed E-state index contributed by atoms with van der Waals surface area (Å²) >= 11 is 5.99. The molecule has 4 nitrogen and oxygen atoms in total. The molecule has 1 aromatic heterocycles. The molecular formula is C17H13ClN2O2. The second kappa shape index (κ2) is 6.03. The molecule has 1 heterocycles. The Kier molecular flexibility index (Phi) is 3.94. The molecule has 0 aliphatic carbocycles. The average molecular weight is 313 g/mol. The highest BCUT2D eigenvalue weighted by atomic mass is 35.5. The number of carbonyl (C=O) groups is 1. The summed E-state index contributed by atoms with van der Waals surface area (Å²) in [4.78, 5) is 15.7. The molecule has 0 amide bonds. The van der Waals surface area contributed by atoms with Gasteiger partial charge >= 0.3 is 5.97 Å². The molecule has 0 unspecified atom stereocenters. The Morgan fingerprint density at radius 2 is 1.91 bits per heavy atom. The maximum Gasteiger partial charge on any atom is 0.337 e. The van der Waals surface area contributed by atoms with E-state index in [4.69, 9.17) is 11.6 Å². The van der Waals surface area contributed by atoms with E-state index in [1.807, 2.05) is 36.4 Å². The first-order valence-electron chi connectivity index (χ1n) is 6.67. The Bertz CT molecular complexity index is 832. The third-order valence-electron chi connectivity index (χ3n) is 3.29. The highest BCUT2D eigenvalue weighted by molar-refractivity contribution is 6.31. The lowest BCUT2D eigenvalue weighted by Crippen LogP contribution is -2.01. The first-order valence-corrected chi connectivity index (χ1v) is 7.05. The summed E-state index contributed by atoms with van der Waals surface area (Å²) in [7, 11) is 1.36. The van der Waals surface area contributed by atoms with Crippen LogP contribution in [0.5, 0.6) is 0 Å². The largest absolute Gasteiger partial charge is 0.465 e. The number of aromatic nitrogens is 1. The summed E-state index contributed by atoms with van der Waals surface area (Å²) in [5.74, 6) is -0.351. The van der Waals surface area contributed by atoms with Gasteiger partial charge in [-0.3, -0.25) is 4.98 Å². The highest BCUT2D eigenvalue weighted by Gasteiger charge is 2.06. The molecule has 3 aromatic rings. The van der Waals surface area contributed by atoms with Gasteiger partial charge < -0.3 is 10.1 Å². The van der Waals surface area contributed by atoms with E-state index in [1.165, 1.54) is 7.11 Å². The van der Waals surface area contributed by atoms with Crippen molar-refractivity contribution in [2.45, 2.75) is 0 Å². The van der Waals surface area contributed by atoms with E-state index in [9.17, 15) is 4.79 Å². The van der Waals surface area contributed by atoms with Gasteiger partial charge in [0, 0.05) is 28.0 Å². The van der Waals surface area contributed by atoms with E-state index in [2.05, 4.69) is 15.0 Å². The van der Waals surface area contributed by atoms with Crippen molar-refractivity contribution in [1.82, 2.24) is 4.98 Å². The first-order chi connectivity index (χ1) is 10.7. The number of esters is 1. The number of hydrogen-bond acceptors (Lipinski definition) is 4. The molecule has 22 heavy (non-hydrogen) atoms. The van der Waals surface area contributed by atoms with Gasteiger partial charge in [0.05, 0.1) is 18.2 Å². The Morgan fingerprint density at radius 1 is 1.14 bits per heavy atom. The topological polar surface area (TPSA) is 51.2 Å². The number of pyridine rings is 1. The van der Waals surface area contributed by atoms with Gasteiger partial charge in [0.1, 0.15) is 0 Å². The van der Waals surface area contributed by atoms with E-state index in [-0.39, 0.29) is 5.97 Å². The highest BCUT2D eigenvalue weighted by Crippen LogP contribution is 2.27. The van der Waals surface area contributed by atoms with Crippen LogP contribution in [0.15, 0.2) is 54.7 Å². The van der Waals surface area contributed by atoms with Crippen LogP contribution in [-0.2, 0) is 4.74 Å². The number of halogens is 1. The third-order valence-corrected chi connectivity index (χ3v) is 3.52. The smallest absolute Gasteiger partial charge is 0.337 e. The van der Waals surface area contributed by atoms with E-state index in [0.29, 0.717) is 10.6 Å². The molecule has 0 spiro atoms. The number of fused-ring (bicyclic) bond motifs is 1. The molecule has 1 N–H and O–H groups in total. The molecule has 0 atom stereocenters. The molecule has 0 aliphatic rings. The molecule has 0 bridgehead atoms. The minimum atomic E-state index is -0.351. The normalized spacial score (nSPS) is 10.5. The Labute approximate surface area is 132 Å². The van der Waals surface area contributed by atoms with E-state index in [0.717, 1.165) is 22.3 Å². The van der Waals surface area contributed by atoms with Gasteiger partial charge in [-0.1, -0.05) is 11.6 Å². The van der Waals surface area contributed by atoms with Crippen molar-refractivity contribution in [2.75, 3.05) is 12.4 Å². The molecule has 110 valence electrons. The molecule has 0 fully saturated rings. The fourth-order valence-electron chi connectivity index (χ4n) is 2.19. The van der Waals surface area contributed by atoms with Crippen molar-refractivity contribution in [1.29, 1.82) is 0 Å². The minimum Gasteiger partial charge on any atom is -0.465 e. The molecule has 0 saturated carbocycles. The maximum atomic E-state index is 11.4. The summed E-state index contributed by atoms with van der Waals surface area (Å²) in [6.07, 6.45) is 1.73. The van der Waals surface area contributed by atoms with Crippen LogP contribution in [0.1, 0.15) is 10.4 Å². The molecular weight excluding hydrogens is 300 g/mol. The number of carbonyl (C=O) groups excluding carboxylic acids is 1. The SMILES string of the molecule is COC(=O)c1ccc(Nc2ccnc3cc(Cl)ccc23)cc1. The van der Waals surface area contributed by atoms with Gasteiger partial charge in [0.25, 0.3) is 0 Å². The molecule has 0 aliphatic heterocycles. The molecule has 0 radical (unpaired) electrons. The summed E-state index contributed by atoms with van der Waals surface area (Å²) in [5, 5.41) is 4.94. The lowest BCUT2D eigenvalue weighted by atomic mass is 10.1. The van der Waals surface area contributed by atoms with Gasteiger partial charge in [0.2, 0.25) is 0 Å². The van der Waals surface area contributed by atoms with Crippen molar-refractivity contribution < 1.29 is 9.53 Å². The van der Waals surface area contributed by atoms with Crippen molar-refractivity contribution in [3.63, 3.8) is 0 Å². The third kappa shape index (κ3) is 2.87. The van der Waals surface area contributed by atoms with Crippen molar-refractivity contribution in [3.05, 3.63) is 65.3 Å². The fraction of sp³-hybridized carbons (Fsp3) is 0.0588. The van der Waals surface area contributed by atoms with Crippen LogP contribution in [-0.4, -0.2) is 18.1 Å². The lowest BCUT2D eigenvalue weighted by molar-refractivity contribution is 0.0601. The fourth-order valence-corrected chi connectivity index (χ4v) is 2.36. The second-order valence-electron chi connectivity index (χ2n) is 4.71. The predicted octanol–water partition coefficient (Wildman–Crippen LogP) is 4.42. The van der Waals surface area contributed by atoms with Gasteiger partial charge in [-0.15, -0.1) is 0 Å². The number of rotatable bonds is 3. The number of nitrogens with one attached hydrogen (secondary N) is 1. The van der Waals surface area contributed by atoms with E-state index < -0.39 is 0 Å². The average Bonchev–Trinajstić information content (AvgIpc) is 2.55. The molecule has 0 saturated heterocycles. The summed E-state index contributed by atoms with van der Waals surface area (Å²) in [6.45, 7) is 0. The number of benzene rings is 2. The minimum absolute atomic E-state index is 0.351. The van der Waals surface area contributed by atoms with Crippen molar-refractivity contribution in [3.8, 4) is 0 Å². The number of hydrogen-bond donors (Lipinski definition) is 1. The zero-order chi connectivity index (χ0) is 15.5. The zero-order valence-corrected chi connectivity index (χ0v) is 12.6. The number of nitrogens with zero attached hydrogens (tertiary/aromatic N) is 1. The van der Waals surface area contributed by atoms with E-state index in [1.54, 1.807) is 18.3 Å². The van der Waals surface area contributed by atoms with Gasteiger partial charge in [0.15, 0.2) is 0 Å². The molecule has 2 aromatic carbocycles. The van der Waals surface area contributed by atoms with Gasteiger partial charge in [-0.25, -0.2) is 4.79 Å². The second-order valence-corrected chi connectivity index (χ2v) is 5.15. The summed E-state index contributed by atoms with van der Waals surface area (Å²) in [5.41, 5.74) is 3.13. The van der Waals surface area contributed by atoms with Crippen molar-refractivity contribution in [2.24, 2.45) is 0 Å². The van der Waals surface area contributed by atoms with Crippen LogP contribution < -0.4 is 5.32 Å². The number of ether oxygens (including phenoxy) is 1. The van der Waals surface area contributed by atoms with Gasteiger partial charge in [-0.2, -0.15) is 0 Å². The Morgan fingerprint density at radius 3 is 2.64 bits per heavy atom. The lowest BCUT2D eigenvalue weighted by Gasteiger charge is -2.10. The Balaban J connectivity index is 1.91. The monoisotopic (exact) mass is 312 g/mol. The van der Waals surface area contributed by atoms with Crippen LogP contribution in [0.2, 0.25) is 5.02 Å². The first kappa shape index (κ1) is 14.4. The summed E-state index contributed by atoms with van der Waals surface area (Å²) < 4.78 is 4.68. The molecule has 3 rings (SSSR count). The molecule has 5 heteroatoms. The summed E-state index contributed by atoms with van der Waals surface area (Å²) in [6, 6.07) is 14.6. The van der Waals surface area contributed by atoms with Crippen LogP contribution in [0.25, 0.3) is 10.9 Å². The number of anilines is 2. The van der Waals surface area contributed by atoms with Crippen LogP contribution >= 0.6 is 11.6 Å².